The SMILES string of the molecule is CC(C)C1(C(C)C)c2cc(C=C3C(=O)N(C)C(=O)N(C)C3=O)ccc2-c2ccc(C=C3C(=O)N(C)C(=O)N(C)C3=O)cc21. The van der Waals surface area contributed by atoms with Gasteiger partial charge in [0.25, 0.3) is 23.6 Å². The van der Waals surface area contributed by atoms with Crippen molar-refractivity contribution < 1.29 is 28.8 Å². The summed E-state index contributed by atoms with van der Waals surface area (Å²) in [5.41, 5.74) is 4.74. The first kappa shape index (κ1) is 29.6. The lowest BCUT2D eigenvalue weighted by molar-refractivity contribution is -0.135. The molecular weight excluding hydrogens is 548 g/mol. The van der Waals surface area contributed by atoms with Crippen molar-refractivity contribution in [1.29, 1.82) is 0 Å². The quantitative estimate of drug-likeness (QED) is 0.396. The summed E-state index contributed by atoms with van der Waals surface area (Å²) >= 11 is 0. The normalized spacial score (nSPS) is 18.4. The summed E-state index contributed by atoms with van der Waals surface area (Å²) in [4.78, 5) is 79.6. The van der Waals surface area contributed by atoms with E-state index in [1.165, 1.54) is 40.3 Å². The first-order chi connectivity index (χ1) is 20.1. The minimum atomic E-state index is -0.678. The maximum Gasteiger partial charge on any atom is 0.333 e. The zero-order valence-electron chi connectivity index (χ0n) is 25.5. The van der Waals surface area contributed by atoms with Crippen LogP contribution < -0.4 is 0 Å². The Morgan fingerprint density at radius 2 is 0.837 bits per heavy atom. The van der Waals surface area contributed by atoms with Gasteiger partial charge in [-0.15, -0.1) is 0 Å². The van der Waals surface area contributed by atoms with Gasteiger partial charge in [-0.3, -0.25) is 38.8 Å². The Kier molecular flexibility index (Phi) is 6.99. The minimum Gasteiger partial charge on any atom is -0.268 e. The van der Waals surface area contributed by atoms with E-state index in [1.807, 2.05) is 36.4 Å². The number of carbonyl (C=O) groups is 6. The Hall–Kier alpha value is -4.86. The van der Waals surface area contributed by atoms with Gasteiger partial charge in [-0.25, -0.2) is 9.59 Å². The number of amides is 8. The summed E-state index contributed by atoms with van der Waals surface area (Å²) < 4.78 is 0. The highest BCUT2D eigenvalue weighted by atomic mass is 16.2. The van der Waals surface area contributed by atoms with Crippen LogP contribution in [0, 0.1) is 11.8 Å². The fourth-order valence-corrected chi connectivity index (χ4v) is 6.80. The monoisotopic (exact) mass is 582 g/mol. The van der Waals surface area contributed by atoms with Crippen LogP contribution in [0.5, 0.6) is 0 Å². The van der Waals surface area contributed by atoms with Crippen LogP contribution >= 0.6 is 0 Å². The molecule has 0 bridgehead atoms. The molecule has 3 aliphatic rings. The number of barbiturate groups is 2. The van der Waals surface area contributed by atoms with E-state index in [0.717, 1.165) is 41.9 Å². The fraction of sp³-hybridized carbons (Fsp3) is 0.333. The van der Waals surface area contributed by atoms with Gasteiger partial charge in [-0.2, -0.15) is 0 Å². The number of fused-ring (bicyclic) bond motifs is 3. The molecule has 222 valence electrons. The van der Waals surface area contributed by atoms with Crippen molar-refractivity contribution in [3.63, 3.8) is 0 Å². The van der Waals surface area contributed by atoms with Gasteiger partial charge in [0, 0.05) is 33.6 Å². The number of imide groups is 4. The van der Waals surface area contributed by atoms with E-state index in [1.54, 1.807) is 0 Å². The number of hydrogen-bond donors (Lipinski definition) is 0. The molecule has 0 spiro atoms. The molecule has 0 aromatic heterocycles. The molecule has 0 saturated carbocycles. The number of rotatable bonds is 4. The highest BCUT2D eigenvalue weighted by Gasteiger charge is 2.48. The zero-order valence-corrected chi connectivity index (χ0v) is 25.5. The van der Waals surface area contributed by atoms with E-state index in [-0.39, 0.29) is 23.0 Å². The average Bonchev–Trinajstić information content (AvgIpc) is 3.27. The Labute approximate surface area is 250 Å². The topological polar surface area (TPSA) is 115 Å². The largest absolute Gasteiger partial charge is 0.333 e. The van der Waals surface area contributed by atoms with Crippen molar-refractivity contribution in [2.45, 2.75) is 33.1 Å². The number of carbonyl (C=O) groups excluding carboxylic acids is 6. The highest BCUT2D eigenvalue weighted by Crippen LogP contribution is 2.57. The second kappa shape index (κ2) is 10.1. The Morgan fingerprint density at radius 1 is 0.535 bits per heavy atom. The molecule has 0 N–H and O–H groups in total. The van der Waals surface area contributed by atoms with E-state index >= 15 is 0 Å². The molecule has 10 nitrogen and oxygen atoms in total. The van der Waals surface area contributed by atoms with Crippen LogP contribution in [0.25, 0.3) is 23.3 Å². The molecule has 0 atom stereocenters. The Bertz CT molecular complexity index is 1540. The average molecular weight is 583 g/mol. The van der Waals surface area contributed by atoms with Gasteiger partial charge < -0.3 is 0 Å². The predicted octanol–water partition coefficient (Wildman–Crippen LogP) is 4.13. The Morgan fingerprint density at radius 3 is 1.12 bits per heavy atom. The third-order valence-electron chi connectivity index (χ3n) is 9.00. The van der Waals surface area contributed by atoms with Crippen molar-refractivity contribution >= 4 is 47.8 Å². The Balaban J connectivity index is 1.66. The van der Waals surface area contributed by atoms with E-state index in [0.29, 0.717) is 11.1 Å². The molecule has 2 aliphatic heterocycles. The van der Waals surface area contributed by atoms with Crippen LogP contribution in [0.2, 0.25) is 0 Å². The first-order valence-electron chi connectivity index (χ1n) is 14.1. The molecule has 2 fully saturated rings. The lowest BCUT2D eigenvalue weighted by Crippen LogP contribution is -2.52. The molecule has 5 rings (SSSR count). The second-order valence-electron chi connectivity index (χ2n) is 11.9. The van der Waals surface area contributed by atoms with E-state index in [4.69, 9.17) is 0 Å². The molecule has 0 radical (unpaired) electrons. The number of urea groups is 2. The van der Waals surface area contributed by atoms with Gasteiger partial charge in [-0.1, -0.05) is 64.1 Å². The summed E-state index contributed by atoms with van der Waals surface area (Å²) in [6.07, 6.45) is 3.06. The van der Waals surface area contributed by atoms with Crippen LogP contribution in [0.4, 0.5) is 9.59 Å². The van der Waals surface area contributed by atoms with Crippen molar-refractivity contribution in [2.24, 2.45) is 11.8 Å². The summed E-state index contributed by atoms with van der Waals surface area (Å²) in [5, 5.41) is 0. The number of benzene rings is 2. The van der Waals surface area contributed by atoms with Gasteiger partial charge in [0.1, 0.15) is 11.1 Å². The van der Waals surface area contributed by atoms with E-state index in [2.05, 4.69) is 27.7 Å². The van der Waals surface area contributed by atoms with Crippen LogP contribution in [0.15, 0.2) is 47.5 Å². The van der Waals surface area contributed by atoms with Crippen LogP contribution in [0.3, 0.4) is 0 Å². The van der Waals surface area contributed by atoms with Gasteiger partial charge in [0.15, 0.2) is 0 Å². The van der Waals surface area contributed by atoms with E-state index < -0.39 is 41.1 Å². The number of hydrogen-bond acceptors (Lipinski definition) is 6. The second-order valence-corrected chi connectivity index (χ2v) is 11.9. The summed E-state index contributed by atoms with van der Waals surface area (Å²) in [7, 11) is 5.38. The van der Waals surface area contributed by atoms with Crippen LogP contribution in [-0.4, -0.2) is 83.5 Å². The van der Waals surface area contributed by atoms with Crippen LogP contribution in [-0.2, 0) is 24.6 Å². The van der Waals surface area contributed by atoms with Crippen molar-refractivity contribution in [3.8, 4) is 11.1 Å². The van der Waals surface area contributed by atoms with Crippen molar-refractivity contribution in [2.75, 3.05) is 28.2 Å². The molecule has 10 heteroatoms. The first-order valence-corrected chi connectivity index (χ1v) is 14.1. The minimum absolute atomic E-state index is 0.0936. The molecule has 8 amide bonds. The molecule has 1 aliphatic carbocycles. The zero-order chi connectivity index (χ0) is 31.7. The molecule has 2 aromatic rings. The van der Waals surface area contributed by atoms with Gasteiger partial charge in [0.05, 0.1) is 0 Å². The molecule has 43 heavy (non-hydrogen) atoms. The summed E-state index contributed by atoms with van der Waals surface area (Å²) in [5.74, 6) is -2.40. The molecule has 2 saturated heterocycles. The molecule has 0 unspecified atom stereocenters. The molecule has 2 aromatic carbocycles. The van der Waals surface area contributed by atoms with Gasteiger partial charge in [-0.05, 0) is 57.4 Å². The standard InChI is InChI=1S/C33H34N4O6/c1-17(2)33(18(3)4)25-15-19(13-23-27(38)34(5)31(42)35(6)28(23)39)9-11-21(25)22-12-10-20(16-26(22)33)14-24-29(40)36(7)32(43)37(8)30(24)41/h9-18H,1-8H3. The number of likely N-dealkylation sites (N-methyl/N-ethyl adjacent to an activating group) is 4. The lowest BCUT2D eigenvalue weighted by atomic mass is 9.62. The van der Waals surface area contributed by atoms with E-state index in [9.17, 15) is 28.8 Å². The third-order valence-corrected chi connectivity index (χ3v) is 9.00. The van der Waals surface area contributed by atoms with Crippen molar-refractivity contribution in [1.82, 2.24) is 19.6 Å². The third kappa shape index (κ3) is 4.15. The van der Waals surface area contributed by atoms with Crippen LogP contribution in [0.1, 0.15) is 49.9 Å². The molecular formula is C33H34N4O6. The number of nitrogens with zero attached hydrogens (tertiary/aromatic N) is 4. The smallest absolute Gasteiger partial charge is 0.268 e. The van der Waals surface area contributed by atoms with Crippen molar-refractivity contribution in [3.05, 3.63) is 69.8 Å². The summed E-state index contributed by atoms with van der Waals surface area (Å²) in [6, 6.07) is 10.3. The summed E-state index contributed by atoms with van der Waals surface area (Å²) in [6.45, 7) is 8.57. The van der Waals surface area contributed by atoms with Gasteiger partial charge >= 0.3 is 12.1 Å². The lowest BCUT2D eigenvalue weighted by Gasteiger charge is -2.40. The predicted molar refractivity (Wildman–Crippen MR) is 160 cm³/mol. The molecule has 2 heterocycles. The fourth-order valence-electron chi connectivity index (χ4n) is 6.80. The maximum atomic E-state index is 12.9. The highest BCUT2D eigenvalue weighted by molar-refractivity contribution is 6.31. The van der Waals surface area contributed by atoms with Gasteiger partial charge in [0.2, 0.25) is 0 Å². The maximum absolute atomic E-state index is 12.9.